The molecule has 0 aromatic rings. The molecule has 3 saturated carbocycles. The minimum atomic E-state index is -1.64. The molecule has 1 saturated heterocycles. The van der Waals surface area contributed by atoms with E-state index in [2.05, 4.69) is 62.3 Å². The molecule has 0 N–H and O–H groups in total. The van der Waals surface area contributed by atoms with Gasteiger partial charge in [-0.1, -0.05) is 62.3 Å². The number of carbonyl (C=O) groups is 1. The molecule has 4 fully saturated rings. The molecule has 0 bridgehead atoms. The second-order valence-corrected chi connectivity index (χ2v) is 17.8. The number of fused-ring (bicyclic) bond motifs is 3. The van der Waals surface area contributed by atoms with Crippen LogP contribution in [0.4, 0.5) is 0 Å². The van der Waals surface area contributed by atoms with Gasteiger partial charge < -0.3 is 32.9 Å². The predicted molar refractivity (Wildman–Crippen MR) is 160 cm³/mol. The summed E-state index contributed by atoms with van der Waals surface area (Å²) in [5.41, 5.74) is -0.0552. The molecule has 0 radical (unpaired) electrons. The van der Waals surface area contributed by atoms with Gasteiger partial charge in [0.25, 0.3) is 0 Å². The van der Waals surface area contributed by atoms with Gasteiger partial charge in [0, 0.05) is 20.2 Å². The zero-order valence-corrected chi connectivity index (χ0v) is 32.6. The van der Waals surface area contributed by atoms with Gasteiger partial charge in [-0.2, -0.15) is 0 Å². The van der Waals surface area contributed by atoms with E-state index >= 15 is 0 Å². The number of aliphatic carboxylic acids is 1. The molecule has 0 amide bonds. The van der Waals surface area contributed by atoms with Crippen molar-refractivity contribution in [3.05, 3.63) is 0 Å². The second-order valence-electron chi connectivity index (χ2n) is 16.7. The Balaban J connectivity index is 0.00000484. The number of rotatable bonds is 5. The molecule has 4 rings (SSSR count). The first-order valence-electron chi connectivity index (χ1n) is 16.0. The van der Waals surface area contributed by atoms with Crippen LogP contribution < -0.4 is 56.5 Å². The standard InChI is InChI=1S/C33H59O7P.K/c1-31(2,3)24-14-19(30(34)35)12-13-27(24)38-41-39-28-22(15-20(36-10)17-25(28)32(4,5)6)23-16-21(37-11)18-26(29(23)40-41)33(7,8)9;/h19-29H,12-18H2,1-11H3,(H,34,35);/q;+1/p-1. The molecule has 11 atom stereocenters. The number of ether oxygens (including phenoxy) is 2. The van der Waals surface area contributed by atoms with Gasteiger partial charge in [-0.05, 0) is 96.7 Å². The fourth-order valence-corrected chi connectivity index (χ4v) is 10.1. The maximum Gasteiger partial charge on any atom is 1.00 e. The molecule has 0 spiro atoms. The smallest absolute Gasteiger partial charge is 0.550 e. The zero-order valence-electron chi connectivity index (χ0n) is 28.6. The van der Waals surface area contributed by atoms with Crippen molar-refractivity contribution >= 4 is 14.6 Å². The van der Waals surface area contributed by atoms with Crippen LogP contribution in [0.2, 0.25) is 0 Å². The Hall–Kier alpha value is 1.34. The van der Waals surface area contributed by atoms with Crippen molar-refractivity contribution in [1.82, 2.24) is 0 Å². The summed E-state index contributed by atoms with van der Waals surface area (Å²) in [5, 5.41) is 11.8. The number of hydrogen-bond acceptors (Lipinski definition) is 7. The predicted octanol–water partition coefficient (Wildman–Crippen LogP) is 3.77. The average Bonchev–Trinajstić information content (AvgIpc) is 3.01. The fraction of sp³-hybridized carbons (Fsp3) is 0.970. The molecule has 4 aliphatic rings. The van der Waals surface area contributed by atoms with Crippen LogP contribution in [0.5, 0.6) is 0 Å². The van der Waals surface area contributed by atoms with Crippen LogP contribution in [-0.2, 0) is 27.8 Å². The van der Waals surface area contributed by atoms with E-state index in [9.17, 15) is 9.90 Å². The van der Waals surface area contributed by atoms with Crippen molar-refractivity contribution in [3.8, 4) is 0 Å². The van der Waals surface area contributed by atoms with Gasteiger partial charge in [0.2, 0.25) is 0 Å². The molecule has 238 valence electrons. The van der Waals surface area contributed by atoms with E-state index in [-0.39, 0.29) is 116 Å². The van der Waals surface area contributed by atoms with Crippen LogP contribution in [0.3, 0.4) is 0 Å². The van der Waals surface area contributed by atoms with E-state index in [1.807, 2.05) is 14.2 Å². The molecular formula is C33H58KO7P. The van der Waals surface area contributed by atoms with Crippen molar-refractivity contribution in [2.75, 3.05) is 14.2 Å². The third-order valence-corrected chi connectivity index (χ3v) is 12.3. The van der Waals surface area contributed by atoms with Crippen LogP contribution in [-0.4, -0.2) is 50.7 Å². The summed E-state index contributed by atoms with van der Waals surface area (Å²) in [6.45, 7) is 20.4. The summed E-state index contributed by atoms with van der Waals surface area (Å²) in [6.07, 6.45) is 5.92. The zero-order chi connectivity index (χ0) is 30.5. The summed E-state index contributed by atoms with van der Waals surface area (Å²) in [4.78, 5) is 11.8. The molecule has 3 aliphatic carbocycles. The van der Waals surface area contributed by atoms with Gasteiger partial charge in [-0.15, -0.1) is 0 Å². The Labute approximate surface area is 300 Å². The summed E-state index contributed by atoms with van der Waals surface area (Å²) < 4.78 is 33.3. The molecule has 1 aliphatic heterocycles. The molecule has 42 heavy (non-hydrogen) atoms. The van der Waals surface area contributed by atoms with E-state index in [0.29, 0.717) is 31.1 Å². The monoisotopic (exact) mass is 636 g/mol. The summed E-state index contributed by atoms with van der Waals surface area (Å²) in [7, 11) is 2.05. The van der Waals surface area contributed by atoms with Crippen molar-refractivity contribution in [2.24, 2.45) is 51.8 Å². The first-order valence-corrected chi connectivity index (χ1v) is 17.1. The summed E-state index contributed by atoms with van der Waals surface area (Å²) >= 11 is 0. The molecule has 11 unspecified atom stereocenters. The topological polar surface area (TPSA) is 86.3 Å². The largest absolute Gasteiger partial charge is 1.00 e. The van der Waals surface area contributed by atoms with Crippen molar-refractivity contribution in [2.45, 2.75) is 138 Å². The Morgan fingerprint density at radius 2 is 1.12 bits per heavy atom. The minimum Gasteiger partial charge on any atom is -0.550 e. The quantitative estimate of drug-likeness (QED) is 0.336. The molecule has 7 nitrogen and oxygen atoms in total. The summed E-state index contributed by atoms with van der Waals surface area (Å²) in [6, 6.07) is 0. The molecule has 1 heterocycles. The van der Waals surface area contributed by atoms with E-state index in [0.717, 1.165) is 25.7 Å². The molecule has 0 aromatic carbocycles. The van der Waals surface area contributed by atoms with Gasteiger partial charge >= 0.3 is 60.0 Å². The summed E-state index contributed by atoms with van der Waals surface area (Å²) in [5.74, 6) is -0.129. The number of methoxy groups -OCH3 is 2. The molecule has 0 aromatic heterocycles. The number of carboxylic acids is 1. The van der Waals surface area contributed by atoms with E-state index in [1.54, 1.807) is 0 Å². The average molecular weight is 637 g/mol. The van der Waals surface area contributed by atoms with E-state index in [4.69, 9.17) is 23.0 Å². The fourth-order valence-electron chi connectivity index (χ4n) is 8.50. The van der Waals surface area contributed by atoms with Crippen LogP contribution in [0.25, 0.3) is 0 Å². The van der Waals surface area contributed by atoms with Crippen molar-refractivity contribution in [3.63, 3.8) is 0 Å². The third-order valence-electron chi connectivity index (χ3n) is 11.1. The maximum atomic E-state index is 11.8. The van der Waals surface area contributed by atoms with E-state index in [1.165, 1.54) is 0 Å². The normalized spacial score (nSPS) is 41.6. The first kappa shape index (κ1) is 37.8. The second kappa shape index (κ2) is 14.6. The Kier molecular flexibility index (Phi) is 13.2. The van der Waals surface area contributed by atoms with Gasteiger partial charge in [0.15, 0.2) is 0 Å². The molecule has 9 heteroatoms. The van der Waals surface area contributed by atoms with Gasteiger partial charge in [0.1, 0.15) is 0 Å². The van der Waals surface area contributed by atoms with Crippen molar-refractivity contribution in [1.29, 1.82) is 0 Å². The van der Waals surface area contributed by atoms with Crippen molar-refractivity contribution < 1.29 is 84.3 Å². The van der Waals surface area contributed by atoms with Crippen LogP contribution >= 0.6 is 8.60 Å². The Bertz CT molecular complexity index is 850. The molecular weight excluding hydrogens is 578 g/mol. The Morgan fingerprint density at radius 1 is 0.690 bits per heavy atom. The number of hydrogen-bond donors (Lipinski definition) is 0. The third kappa shape index (κ3) is 8.62. The Morgan fingerprint density at radius 3 is 1.48 bits per heavy atom. The van der Waals surface area contributed by atoms with Gasteiger partial charge in [-0.25, -0.2) is 0 Å². The van der Waals surface area contributed by atoms with Crippen LogP contribution in [0.15, 0.2) is 0 Å². The number of carbonyl (C=O) groups excluding carboxylic acids is 1. The number of carboxylic acid groups (broad SMARTS) is 1. The van der Waals surface area contributed by atoms with Crippen LogP contribution in [0, 0.1) is 51.8 Å². The van der Waals surface area contributed by atoms with Gasteiger partial charge in [0.05, 0.1) is 30.5 Å². The minimum absolute atomic E-state index is 0. The van der Waals surface area contributed by atoms with Crippen LogP contribution in [0.1, 0.15) is 107 Å². The maximum absolute atomic E-state index is 11.8. The van der Waals surface area contributed by atoms with Gasteiger partial charge in [-0.3, -0.25) is 0 Å². The van der Waals surface area contributed by atoms with E-state index < -0.39 is 20.5 Å². The SMILES string of the molecule is COC1CC2C3CC(OC)CC(C(C)(C)C)C3OP(OC3CCC(C(=O)[O-])CC3C(C)(C)C)OC2C(C(C)(C)C)C1.[K+]. The first-order chi connectivity index (χ1) is 18.9.